The number of rotatable bonds is 9. The fourth-order valence-electron chi connectivity index (χ4n) is 7.32. The van der Waals surface area contributed by atoms with Crippen molar-refractivity contribution in [3.05, 3.63) is 105 Å². The number of pyridine rings is 1. The van der Waals surface area contributed by atoms with Crippen molar-refractivity contribution in [3.8, 4) is 23.0 Å². The van der Waals surface area contributed by atoms with Gasteiger partial charge in [-0.15, -0.1) is 0 Å². The van der Waals surface area contributed by atoms with Gasteiger partial charge in [0.1, 0.15) is 35.2 Å². The molecule has 0 saturated carbocycles. The highest BCUT2D eigenvalue weighted by atomic mass is 35.5. The van der Waals surface area contributed by atoms with Crippen molar-refractivity contribution in [2.24, 2.45) is 13.0 Å². The minimum Gasteiger partial charge on any atom is -0.382 e. The first-order chi connectivity index (χ1) is 26.3. The number of amides is 1. The van der Waals surface area contributed by atoms with E-state index in [9.17, 15) is 31.9 Å². The van der Waals surface area contributed by atoms with E-state index in [-0.39, 0.29) is 40.8 Å². The Hall–Kier alpha value is -5.44. The van der Waals surface area contributed by atoms with Crippen LogP contribution in [-0.4, -0.2) is 54.9 Å². The van der Waals surface area contributed by atoms with Gasteiger partial charge in [-0.05, 0) is 55.2 Å². The van der Waals surface area contributed by atoms with Crippen LogP contribution in [0.15, 0.2) is 54.6 Å². The lowest BCUT2D eigenvalue weighted by molar-refractivity contribution is -0.142. The number of nitrogen functional groups attached to an aromatic ring is 1. The molecule has 4 N–H and O–H groups in total. The van der Waals surface area contributed by atoms with Crippen molar-refractivity contribution >= 4 is 34.2 Å². The molecule has 0 radical (unpaired) electrons. The number of nitrogens with one attached hydrogen (secondary N) is 1. The molecule has 2 aliphatic rings. The van der Waals surface area contributed by atoms with Gasteiger partial charge < -0.3 is 20.9 Å². The minimum absolute atomic E-state index is 0.0267. The molecule has 7 rings (SSSR count). The van der Waals surface area contributed by atoms with Crippen LogP contribution < -0.4 is 11.1 Å². The quantitative estimate of drug-likeness (QED) is 0.0871. The Bertz CT molecular complexity index is 2480. The first-order valence-electron chi connectivity index (χ1n) is 16.9. The van der Waals surface area contributed by atoms with E-state index in [1.165, 1.54) is 30.9 Å². The van der Waals surface area contributed by atoms with Gasteiger partial charge in [-0.25, -0.2) is 13.8 Å². The van der Waals surface area contributed by atoms with Crippen LogP contribution in [0.25, 0.3) is 22.0 Å². The maximum Gasteiger partial charge on any atom is 0.435 e. The van der Waals surface area contributed by atoms with Crippen LogP contribution in [0.3, 0.4) is 0 Å². The summed E-state index contributed by atoms with van der Waals surface area (Å²) in [5.41, 5.74) is 2.59. The molecule has 1 unspecified atom stereocenters. The monoisotopic (exact) mass is 801 g/mol. The molecule has 0 bridgehead atoms. The zero-order valence-electron chi connectivity index (χ0n) is 29.7. The number of halogens is 8. The molecular formula is C38H31ClF7N7O3. The van der Waals surface area contributed by atoms with E-state index in [4.69, 9.17) is 27.1 Å². The number of carbonyl (C=O) groups excluding carboxylic acids is 1. The van der Waals surface area contributed by atoms with E-state index in [1.54, 1.807) is 25.2 Å². The number of nitrogens with two attached hydrogens (primary N) is 1. The molecule has 0 saturated heterocycles. The average molecular weight is 802 g/mol. The third-order valence-electron chi connectivity index (χ3n) is 9.62. The van der Waals surface area contributed by atoms with Crippen molar-refractivity contribution in [2.75, 3.05) is 19.5 Å². The SMILES string of the molecule is COCC(C)(O)C#Cc1ccc(-c2ccc(Cl)c3c(N)nn(C)c23)c([C@H](Cc2cc(F)cc(F)c2)NC(=O)Cn2nc(C(F)(F)F)c3c2C(F)(F)[C@@H]2C=C[C@H]32)n1. The predicted octanol–water partition coefficient (Wildman–Crippen LogP) is 6.59. The number of methoxy groups -OCH3 is 1. The number of anilines is 1. The Labute approximate surface area is 319 Å². The van der Waals surface area contributed by atoms with Crippen molar-refractivity contribution in [2.45, 2.75) is 49.5 Å². The van der Waals surface area contributed by atoms with Gasteiger partial charge in [0.15, 0.2) is 11.5 Å². The molecule has 18 heteroatoms. The van der Waals surface area contributed by atoms with E-state index in [2.05, 4.69) is 27.4 Å². The van der Waals surface area contributed by atoms with Crippen LogP contribution in [0.2, 0.25) is 5.02 Å². The number of benzene rings is 2. The second-order valence-electron chi connectivity index (χ2n) is 13.8. The van der Waals surface area contributed by atoms with Gasteiger partial charge in [0, 0.05) is 42.8 Å². The Balaban J connectivity index is 1.38. The number of carbonyl (C=O) groups is 1. The summed E-state index contributed by atoms with van der Waals surface area (Å²) >= 11 is 6.50. The number of allylic oxidation sites excluding steroid dienone is 2. The molecule has 3 heterocycles. The maximum absolute atomic E-state index is 15.6. The average Bonchev–Trinajstić information content (AvgIpc) is 3.64. The largest absolute Gasteiger partial charge is 0.435 e. The Morgan fingerprint density at radius 1 is 1.11 bits per heavy atom. The zero-order chi connectivity index (χ0) is 40.5. The molecule has 0 spiro atoms. The van der Waals surface area contributed by atoms with Gasteiger partial charge in [0.05, 0.1) is 40.2 Å². The number of fused-ring (bicyclic) bond motifs is 4. The molecular weight excluding hydrogens is 771 g/mol. The van der Waals surface area contributed by atoms with E-state index in [1.807, 2.05) is 0 Å². The Morgan fingerprint density at radius 3 is 2.45 bits per heavy atom. The molecule has 292 valence electrons. The normalized spacial score (nSPS) is 18.4. The van der Waals surface area contributed by atoms with Crippen molar-refractivity contribution in [1.82, 2.24) is 29.9 Å². The number of aliphatic hydroxyl groups is 1. The third kappa shape index (κ3) is 6.97. The summed E-state index contributed by atoms with van der Waals surface area (Å²) in [6.45, 7) is 0.154. The lowest BCUT2D eigenvalue weighted by Crippen LogP contribution is -2.36. The van der Waals surface area contributed by atoms with Gasteiger partial charge in [0.2, 0.25) is 5.91 Å². The highest BCUT2D eigenvalue weighted by Crippen LogP contribution is 2.60. The van der Waals surface area contributed by atoms with Crippen molar-refractivity contribution < 1.29 is 45.4 Å². The summed E-state index contributed by atoms with van der Waals surface area (Å²) < 4.78 is 109. The lowest BCUT2D eigenvalue weighted by Gasteiger charge is -2.27. The molecule has 0 aliphatic heterocycles. The molecule has 1 amide bonds. The molecule has 5 aromatic rings. The molecule has 0 fully saturated rings. The number of aryl methyl sites for hydroxylation is 1. The van der Waals surface area contributed by atoms with E-state index < -0.39 is 76.6 Å². The smallest absolute Gasteiger partial charge is 0.382 e. The van der Waals surface area contributed by atoms with Gasteiger partial charge in [-0.3, -0.25) is 14.2 Å². The lowest BCUT2D eigenvalue weighted by atomic mass is 9.81. The second-order valence-corrected chi connectivity index (χ2v) is 14.2. The number of hydrogen-bond donors (Lipinski definition) is 3. The summed E-state index contributed by atoms with van der Waals surface area (Å²) in [6, 6.07) is 7.56. The van der Waals surface area contributed by atoms with Crippen molar-refractivity contribution in [3.63, 3.8) is 0 Å². The van der Waals surface area contributed by atoms with Gasteiger partial charge in [-0.1, -0.05) is 35.7 Å². The maximum atomic E-state index is 15.6. The van der Waals surface area contributed by atoms with E-state index in [0.29, 0.717) is 32.8 Å². The molecule has 3 aromatic heterocycles. The topological polar surface area (TPSA) is 133 Å². The van der Waals surface area contributed by atoms with Gasteiger partial charge >= 0.3 is 6.18 Å². The number of nitrogens with zero attached hydrogens (tertiary/aromatic N) is 5. The fraction of sp³-hybridized carbons (Fsp3) is 0.316. The first kappa shape index (κ1) is 38.8. The molecule has 2 aliphatic carbocycles. The molecule has 4 atom stereocenters. The van der Waals surface area contributed by atoms with E-state index >= 15 is 8.78 Å². The van der Waals surface area contributed by atoms with E-state index in [0.717, 1.165) is 18.2 Å². The third-order valence-corrected chi connectivity index (χ3v) is 9.94. The number of ether oxygens (including phenoxy) is 1. The standard InChI is InChI=1S/C38H31ClF7N7O3/c1-36(55,17-56-3)11-10-21-4-5-22(23-7-9-26(39)30-32(23)52(2)51-35(30)47)31(48-21)27(14-18-12-19(40)15-20(41)13-18)49-28(54)16-53-34-29(33(50-53)38(44,45)46)24-6-8-25(24)37(34,42)43/h4-9,12-13,15,24-25,27,55H,14,16-17H2,1-3H3,(H2,47,51)(H,49,54)/t24-,25+,27-,36?/m0/s1. The summed E-state index contributed by atoms with van der Waals surface area (Å²) in [7, 11) is 2.97. The Kier molecular flexibility index (Phi) is 9.66. The van der Waals surface area contributed by atoms with Crippen LogP contribution in [0.5, 0.6) is 0 Å². The van der Waals surface area contributed by atoms with Crippen LogP contribution in [0.1, 0.15) is 52.8 Å². The first-order valence-corrected chi connectivity index (χ1v) is 17.3. The summed E-state index contributed by atoms with van der Waals surface area (Å²) in [4.78, 5) is 18.6. The summed E-state index contributed by atoms with van der Waals surface area (Å²) in [5, 5.41) is 21.7. The van der Waals surface area contributed by atoms with Gasteiger partial charge in [0.25, 0.3) is 5.92 Å². The minimum atomic E-state index is -5.10. The van der Waals surface area contributed by atoms with Crippen LogP contribution in [0.4, 0.5) is 36.6 Å². The van der Waals surface area contributed by atoms with Crippen LogP contribution in [-0.2, 0) is 41.6 Å². The Morgan fingerprint density at radius 2 is 1.80 bits per heavy atom. The van der Waals surface area contributed by atoms with Crippen LogP contribution >= 0.6 is 11.6 Å². The van der Waals surface area contributed by atoms with Crippen LogP contribution in [0, 0.1) is 29.4 Å². The fourth-order valence-corrected chi connectivity index (χ4v) is 7.57. The zero-order valence-corrected chi connectivity index (χ0v) is 30.4. The van der Waals surface area contributed by atoms with Gasteiger partial charge in [-0.2, -0.15) is 32.1 Å². The second kappa shape index (κ2) is 13.9. The highest BCUT2D eigenvalue weighted by Gasteiger charge is 2.61. The summed E-state index contributed by atoms with van der Waals surface area (Å²) in [6.07, 6.45) is -3.11. The number of hydrogen-bond acceptors (Lipinski definition) is 7. The molecule has 2 aromatic carbocycles. The van der Waals surface area contributed by atoms with Crippen molar-refractivity contribution in [1.29, 1.82) is 0 Å². The highest BCUT2D eigenvalue weighted by molar-refractivity contribution is 6.37. The molecule has 56 heavy (non-hydrogen) atoms. The summed E-state index contributed by atoms with van der Waals surface area (Å²) in [5.74, 6) is -3.99. The molecule has 10 nitrogen and oxygen atoms in total. The number of aromatic nitrogens is 5. The predicted molar refractivity (Wildman–Crippen MR) is 190 cm³/mol. The number of alkyl halides is 5.